The summed E-state index contributed by atoms with van der Waals surface area (Å²) in [6.45, 7) is 6.53. The number of carbonyl (C=O) groups excluding carboxylic acids is 1. The number of hydrogen-bond acceptors (Lipinski definition) is 2. The summed E-state index contributed by atoms with van der Waals surface area (Å²) in [5, 5.41) is 2.16. The van der Waals surface area contributed by atoms with Gasteiger partial charge in [0.15, 0.2) is 0 Å². The summed E-state index contributed by atoms with van der Waals surface area (Å²) in [4.78, 5) is 11.8. The molecule has 19 heavy (non-hydrogen) atoms. The second kappa shape index (κ2) is 6.78. The third-order valence-electron chi connectivity index (χ3n) is 4.06. The van der Waals surface area contributed by atoms with Crippen molar-refractivity contribution in [1.29, 1.82) is 0 Å². The third-order valence-corrected chi connectivity index (χ3v) is 10.7. The zero-order chi connectivity index (χ0) is 14.6. The van der Waals surface area contributed by atoms with Crippen LogP contribution in [0.5, 0.6) is 0 Å². The average molecular weight is 319 g/mol. The fourth-order valence-electron chi connectivity index (χ4n) is 2.59. The van der Waals surface area contributed by atoms with E-state index < -0.39 is 14.0 Å². The predicted octanol–water partition coefficient (Wildman–Crippen LogP) is 4.50. The van der Waals surface area contributed by atoms with Crippen LogP contribution in [-0.4, -0.2) is 21.2 Å². The highest BCUT2D eigenvalue weighted by molar-refractivity contribution is 6.94. The van der Waals surface area contributed by atoms with E-state index in [-0.39, 0.29) is 0 Å². The van der Waals surface area contributed by atoms with Crippen LogP contribution in [0.4, 0.5) is 0 Å². The molecule has 0 saturated heterocycles. The van der Waals surface area contributed by atoms with Crippen molar-refractivity contribution in [1.82, 2.24) is 0 Å². The largest absolute Gasteiger partial charge is 0.465 e. The molecule has 0 atom stereocenters. The highest BCUT2D eigenvalue weighted by atomic mass is 35.5. The minimum Gasteiger partial charge on any atom is -0.465 e. The molecule has 106 valence electrons. The Kier molecular flexibility index (Phi) is 5.90. The first-order valence-corrected chi connectivity index (χ1v) is 9.91. The molecule has 0 spiro atoms. The second-order valence-corrected chi connectivity index (χ2v) is 10.6. The summed E-state index contributed by atoms with van der Waals surface area (Å²) in [6.07, 6.45) is 0. The Bertz CT molecular complexity index is 462. The number of esters is 1. The zero-order valence-electron chi connectivity index (χ0n) is 11.8. The highest BCUT2D eigenvalue weighted by Crippen LogP contribution is 2.30. The summed E-state index contributed by atoms with van der Waals surface area (Å²) in [7, 11) is -0.386. The van der Waals surface area contributed by atoms with E-state index in [2.05, 4.69) is 20.8 Å². The van der Waals surface area contributed by atoms with Crippen LogP contribution in [0.25, 0.3) is 0 Å². The molecule has 0 heterocycles. The molecule has 5 heteroatoms. The van der Waals surface area contributed by atoms with Crippen LogP contribution in [0.3, 0.4) is 0 Å². The Labute approximate surface area is 126 Å². The summed E-state index contributed by atoms with van der Waals surface area (Å²) in [5.41, 5.74) is 0.413. The Morgan fingerprint density at radius 1 is 1.16 bits per heavy atom. The SMILES string of the molecule is CC[Si](CC)(CC)c1c(Cl)ccc(C(=O)OC)c1Cl. The van der Waals surface area contributed by atoms with Crippen molar-refractivity contribution < 1.29 is 9.53 Å². The smallest absolute Gasteiger partial charge is 0.339 e. The first-order valence-electron chi connectivity index (χ1n) is 6.54. The molecule has 0 unspecified atom stereocenters. The van der Waals surface area contributed by atoms with Gasteiger partial charge in [0.05, 0.1) is 25.8 Å². The van der Waals surface area contributed by atoms with Crippen molar-refractivity contribution >= 4 is 42.4 Å². The van der Waals surface area contributed by atoms with Crippen LogP contribution >= 0.6 is 23.2 Å². The molecule has 1 rings (SSSR count). The standard InChI is InChI=1S/C14H20Cl2O2Si/c1-5-19(6-2,7-3)13-11(15)9-8-10(12(13)16)14(17)18-4/h8-9H,5-7H2,1-4H3. The quantitative estimate of drug-likeness (QED) is 0.590. The first-order chi connectivity index (χ1) is 8.97. The molecule has 0 radical (unpaired) electrons. The van der Waals surface area contributed by atoms with E-state index in [9.17, 15) is 4.79 Å². The number of ether oxygens (including phenoxy) is 1. The number of methoxy groups -OCH3 is 1. The van der Waals surface area contributed by atoms with Gasteiger partial charge in [-0.05, 0) is 17.3 Å². The van der Waals surface area contributed by atoms with Crippen LogP contribution in [0.1, 0.15) is 31.1 Å². The van der Waals surface area contributed by atoms with Gasteiger partial charge in [-0.1, -0.05) is 62.1 Å². The van der Waals surface area contributed by atoms with Gasteiger partial charge >= 0.3 is 5.97 Å². The Balaban J connectivity index is 3.54. The molecule has 0 fully saturated rings. The molecule has 0 N–H and O–H groups in total. The van der Waals surface area contributed by atoms with Crippen LogP contribution in [0.15, 0.2) is 12.1 Å². The van der Waals surface area contributed by atoms with Gasteiger partial charge < -0.3 is 4.74 Å². The fourth-order valence-corrected chi connectivity index (χ4v) is 7.99. The molecule has 0 saturated carbocycles. The minimum absolute atomic E-state index is 0.408. The van der Waals surface area contributed by atoms with Gasteiger partial charge in [-0.3, -0.25) is 0 Å². The molecule has 0 aliphatic rings. The van der Waals surface area contributed by atoms with Crippen LogP contribution < -0.4 is 5.19 Å². The Morgan fingerprint density at radius 3 is 2.11 bits per heavy atom. The van der Waals surface area contributed by atoms with Crippen molar-refractivity contribution in [3.8, 4) is 0 Å². The van der Waals surface area contributed by atoms with Crippen molar-refractivity contribution in [2.45, 2.75) is 38.9 Å². The molecular formula is C14H20Cl2O2Si. The van der Waals surface area contributed by atoms with E-state index in [4.69, 9.17) is 27.9 Å². The van der Waals surface area contributed by atoms with Crippen molar-refractivity contribution in [2.24, 2.45) is 0 Å². The maximum Gasteiger partial charge on any atom is 0.339 e. The van der Waals surface area contributed by atoms with E-state index in [0.29, 0.717) is 15.6 Å². The molecule has 0 amide bonds. The Hall–Kier alpha value is -0.513. The van der Waals surface area contributed by atoms with Gasteiger partial charge in [-0.2, -0.15) is 0 Å². The van der Waals surface area contributed by atoms with Crippen molar-refractivity contribution in [3.05, 3.63) is 27.7 Å². The van der Waals surface area contributed by atoms with Gasteiger partial charge in [0.1, 0.15) is 0 Å². The van der Waals surface area contributed by atoms with Crippen LogP contribution in [-0.2, 0) is 4.74 Å². The number of benzene rings is 1. The summed E-state index contributed by atoms with van der Waals surface area (Å²) in [5.74, 6) is -0.408. The maximum absolute atomic E-state index is 11.8. The average Bonchev–Trinajstić information content (AvgIpc) is 2.43. The van der Waals surface area contributed by atoms with Gasteiger partial charge in [0.25, 0.3) is 0 Å². The molecule has 0 bridgehead atoms. The Morgan fingerprint density at radius 2 is 1.68 bits per heavy atom. The van der Waals surface area contributed by atoms with E-state index in [1.807, 2.05) is 0 Å². The lowest BCUT2D eigenvalue weighted by Gasteiger charge is -2.31. The lowest BCUT2D eigenvalue weighted by Crippen LogP contribution is -2.47. The van der Waals surface area contributed by atoms with E-state index in [0.717, 1.165) is 23.3 Å². The predicted molar refractivity (Wildman–Crippen MR) is 84.6 cm³/mol. The second-order valence-electron chi connectivity index (χ2n) is 4.62. The van der Waals surface area contributed by atoms with Gasteiger partial charge in [-0.25, -0.2) is 4.79 Å². The topological polar surface area (TPSA) is 26.3 Å². The van der Waals surface area contributed by atoms with Gasteiger partial charge in [0.2, 0.25) is 0 Å². The van der Waals surface area contributed by atoms with Crippen LogP contribution in [0.2, 0.25) is 28.2 Å². The van der Waals surface area contributed by atoms with E-state index in [1.165, 1.54) is 7.11 Å². The number of hydrogen-bond donors (Lipinski definition) is 0. The lowest BCUT2D eigenvalue weighted by atomic mass is 10.2. The molecule has 0 aromatic heterocycles. The molecule has 0 aliphatic heterocycles. The highest BCUT2D eigenvalue weighted by Gasteiger charge is 2.35. The van der Waals surface area contributed by atoms with E-state index in [1.54, 1.807) is 12.1 Å². The monoisotopic (exact) mass is 318 g/mol. The molecular weight excluding hydrogens is 299 g/mol. The molecule has 0 aliphatic carbocycles. The minimum atomic E-state index is -1.74. The zero-order valence-corrected chi connectivity index (χ0v) is 14.4. The number of halogens is 2. The van der Waals surface area contributed by atoms with Crippen LogP contribution in [0, 0.1) is 0 Å². The number of carbonyl (C=O) groups is 1. The summed E-state index contributed by atoms with van der Waals surface area (Å²) >= 11 is 12.8. The first kappa shape index (κ1) is 16.5. The molecule has 2 nitrogen and oxygen atoms in total. The lowest BCUT2D eigenvalue weighted by molar-refractivity contribution is 0.0601. The summed E-state index contributed by atoms with van der Waals surface area (Å²) < 4.78 is 4.77. The van der Waals surface area contributed by atoms with Crippen molar-refractivity contribution in [2.75, 3.05) is 7.11 Å². The normalized spacial score (nSPS) is 11.5. The van der Waals surface area contributed by atoms with Gasteiger partial charge in [0, 0.05) is 5.02 Å². The maximum atomic E-state index is 11.8. The third kappa shape index (κ3) is 2.98. The fraction of sp³-hybridized carbons (Fsp3) is 0.500. The summed E-state index contributed by atoms with van der Waals surface area (Å²) in [6, 6.07) is 6.58. The molecule has 1 aromatic rings. The van der Waals surface area contributed by atoms with Gasteiger partial charge in [-0.15, -0.1) is 0 Å². The number of rotatable bonds is 5. The molecule has 1 aromatic carbocycles. The van der Waals surface area contributed by atoms with Crippen molar-refractivity contribution in [3.63, 3.8) is 0 Å². The van der Waals surface area contributed by atoms with E-state index >= 15 is 0 Å².